The lowest BCUT2D eigenvalue weighted by Gasteiger charge is -1.98. The fourth-order valence-corrected chi connectivity index (χ4v) is 2.63. The monoisotopic (exact) mass is 228 g/mol. The first kappa shape index (κ1) is 8.30. The zero-order chi connectivity index (χ0) is 11.7. The maximum Gasteiger partial charge on any atom is 0.293 e. The molecule has 0 saturated carbocycles. The van der Waals surface area contributed by atoms with E-state index in [0.717, 1.165) is 20.8 Å². The highest BCUT2D eigenvalue weighted by Crippen LogP contribution is 2.34. The van der Waals surface area contributed by atoms with Crippen molar-refractivity contribution in [2.75, 3.05) is 0 Å². The summed E-state index contributed by atoms with van der Waals surface area (Å²) < 4.78 is 8.19. The SMILES string of the molecule is [2H]Oc1ccccc1-c1nc2ccccc2s1. The summed E-state index contributed by atoms with van der Waals surface area (Å²) in [6.07, 6.45) is 0. The molecule has 0 aliphatic rings. The van der Waals surface area contributed by atoms with E-state index in [0.29, 0.717) is 5.75 Å². The molecule has 3 aromatic rings. The molecular formula is C13H9NOS. The van der Waals surface area contributed by atoms with E-state index in [9.17, 15) is 0 Å². The third-order valence-corrected chi connectivity index (χ3v) is 3.48. The fourth-order valence-electron chi connectivity index (χ4n) is 1.63. The van der Waals surface area contributed by atoms with Gasteiger partial charge in [0, 0.05) is 0 Å². The maximum atomic E-state index is 7.05. The summed E-state index contributed by atoms with van der Waals surface area (Å²) in [7, 11) is 0. The molecule has 3 heteroatoms. The van der Waals surface area contributed by atoms with Crippen LogP contribution in [0.1, 0.15) is 0 Å². The summed E-state index contributed by atoms with van der Waals surface area (Å²) in [5, 5.41) is 5.50. The van der Waals surface area contributed by atoms with Gasteiger partial charge >= 0.3 is 0 Å². The Bertz CT molecular complexity index is 632. The molecule has 2 aromatic carbocycles. The van der Waals surface area contributed by atoms with Crippen molar-refractivity contribution in [1.82, 2.24) is 4.98 Å². The van der Waals surface area contributed by atoms with E-state index in [1.807, 2.05) is 42.5 Å². The highest BCUT2D eigenvalue weighted by molar-refractivity contribution is 7.21. The summed E-state index contributed by atoms with van der Waals surface area (Å²) in [5.74, 6) is 0.534. The highest BCUT2D eigenvalue weighted by atomic mass is 32.1. The van der Waals surface area contributed by atoms with Gasteiger partial charge in [-0.2, -0.15) is 0 Å². The van der Waals surface area contributed by atoms with E-state index >= 15 is 0 Å². The molecule has 0 saturated heterocycles. The average molecular weight is 228 g/mol. The molecule has 2 nitrogen and oxygen atoms in total. The van der Waals surface area contributed by atoms with E-state index in [4.69, 9.17) is 1.43 Å². The minimum absolute atomic E-state index is 0.534. The normalized spacial score (nSPS) is 11.4. The predicted octanol–water partition coefficient (Wildman–Crippen LogP) is 3.67. The Morgan fingerprint density at radius 3 is 2.75 bits per heavy atom. The second-order valence-corrected chi connectivity index (χ2v) is 4.51. The van der Waals surface area contributed by atoms with Crippen LogP contribution < -0.4 is 0 Å². The number of benzene rings is 2. The Morgan fingerprint density at radius 1 is 1.06 bits per heavy atom. The standard InChI is InChI=1S/C13H9NOS/c15-11-7-3-1-5-9(11)13-14-10-6-2-4-8-12(10)16-13/h1-8,15H/i/hD. The lowest BCUT2D eigenvalue weighted by Crippen LogP contribution is -1.76. The zero-order valence-corrected chi connectivity index (χ0v) is 9.20. The van der Waals surface area contributed by atoms with Crippen molar-refractivity contribution in [3.8, 4) is 16.3 Å². The number of aromatic hydroxyl groups is 1. The lowest BCUT2D eigenvalue weighted by molar-refractivity contribution is 0.477. The van der Waals surface area contributed by atoms with Gasteiger partial charge in [0.25, 0.3) is 1.43 Å². The summed E-state index contributed by atoms with van der Waals surface area (Å²) in [6, 6.07) is 15.5. The number of rotatable bonds is 2. The van der Waals surface area contributed by atoms with Crippen molar-refractivity contribution < 1.29 is 5.11 Å². The topological polar surface area (TPSA) is 33.1 Å². The van der Waals surface area contributed by atoms with E-state index in [2.05, 4.69) is 10.1 Å². The largest absolute Gasteiger partial charge is 0.507 e. The van der Waals surface area contributed by atoms with E-state index in [-0.39, 0.29) is 0 Å². The smallest absolute Gasteiger partial charge is 0.293 e. The van der Waals surface area contributed by atoms with Crippen molar-refractivity contribution >= 4 is 21.6 Å². The van der Waals surface area contributed by atoms with Crippen LogP contribution in [0, 0.1) is 0 Å². The second kappa shape index (κ2) is 3.61. The molecule has 0 aliphatic carbocycles. The van der Waals surface area contributed by atoms with Gasteiger partial charge in [0.2, 0.25) is 0 Å². The molecule has 1 N–H and O–H groups in total. The number of nitrogens with zero attached hydrogens (tertiary/aromatic N) is 1. The van der Waals surface area contributed by atoms with Crippen molar-refractivity contribution in [2.24, 2.45) is 0 Å². The van der Waals surface area contributed by atoms with Crippen LogP contribution >= 0.6 is 11.3 Å². The molecule has 0 bridgehead atoms. The van der Waals surface area contributed by atoms with Gasteiger partial charge in [-0.3, -0.25) is 0 Å². The van der Waals surface area contributed by atoms with Crippen molar-refractivity contribution in [2.45, 2.75) is 0 Å². The van der Waals surface area contributed by atoms with Gasteiger partial charge in [-0.1, -0.05) is 24.3 Å². The zero-order valence-electron chi connectivity index (χ0n) is 9.38. The van der Waals surface area contributed by atoms with Crippen LogP contribution in [0.15, 0.2) is 48.5 Å². The molecule has 0 atom stereocenters. The van der Waals surface area contributed by atoms with E-state index in [1.165, 1.54) is 0 Å². The third-order valence-electron chi connectivity index (χ3n) is 2.41. The minimum atomic E-state index is 0.534. The molecule has 78 valence electrons. The Hall–Kier alpha value is -1.87. The fraction of sp³-hybridized carbons (Fsp3) is 0. The molecule has 0 aliphatic heterocycles. The number of phenols is 1. The van der Waals surface area contributed by atoms with Crippen molar-refractivity contribution in [1.29, 1.82) is 1.43 Å². The summed E-state index contributed by atoms with van der Waals surface area (Å²) in [5.41, 5.74) is 1.84. The lowest BCUT2D eigenvalue weighted by atomic mass is 10.2. The first-order chi connectivity index (χ1) is 8.38. The number of thiazole rings is 1. The van der Waals surface area contributed by atoms with Crippen LogP contribution in [0.2, 0.25) is 0 Å². The van der Waals surface area contributed by atoms with Crippen LogP contribution in [-0.4, -0.2) is 11.5 Å². The molecular weight excluding hydrogens is 218 g/mol. The number of phenolic OH excluding ortho intramolecular Hbond substituents is 1. The number of para-hydroxylation sites is 2. The molecule has 0 unspecified atom stereocenters. The molecule has 1 heterocycles. The van der Waals surface area contributed by atoms with Crippen molar-refractivity contribution in [3.63, 3.8) is 0 Å². The Balaban J connectivity index is 2.20. The van der Waals surface area contributed by atoms with Gasteiger partial charge in [-0.05, 0) is 24.3 Å². The molecule has 0 radical (unpaired) electrons. The molecule has 3 rings (SSSR count). The van der Waals surface area contributed by atoms with Crippen LogP contribution in [0.25, 0.3) is 20.8 Å². The van der Waals surface area contributed by atoms with Crippen LogP contribution in [0.3, 0.4) is 0 Å². The van der Waals surface area contributed by atoms with Gasteiger partial charge < -0.3 is 5.11 Å². The van der Waals surface area contributed by atoms with Gasteiger partial charge in [-0.15, -0.1) is 11.3 Å². The Morgan fingerprint density at radius 2 is 1.88 bits per heavy atom. The van der Waals surface area contributed by atoms with Gasteiger partial charge in [-0.25, -0.2) is 4.98 Å². The number of hydrogen-bond donors (Lipinski definition) is 1. The van der Waals surface area contributed by atoms with Gasteiger partial charge in [0.1, 0.15) is 10.8 Å². The molecule has 1 aromatic heterocycles. The molecule has 0 fully saturated rings. The first-order valence-electron chi connectivity index (χ1n) is 5.37. The van der Waals surface area contributed by atoms with Crippen LogP contribution in [0.5, 0.6) is 5.75 Å². The quantitative estimate of drug-likeness (QED) is 0.726. The van der Waals surface area contributed by atoms with E-state index < -0.39 is 0 Å². The average Bonchev–Trinajstić information content (AvgIpc) is 2.82. The number of aromatic nitrogens is 1. The third kappa shape index (κ3) is 1.46. The summed E-state index contributed by atoms with van der Waals surface area (Å²) in [6.45, 7) is 0. The van der Waals surface area contributed by atoms with Gasteiger partial charge in [0.05, 0.1) is 15.8 Å². The second-order valence-electron chi connectivity index (χ2n) is 3.48. The maximum absolute atomic E-state index is 7.05. The molecule has 16 heavy (non-hydrogen) atoms. The Labute approximate surface area is 98.3 Å². The number of hydrogen-bond acceptors (Lipinski definition) is 3. The summed E-state index contributed by atoms with van der Waals surface area (Å²) >= 11 is 1.61. The predicted molar refractivity (Wildman–Crippen MR) is 66.7 cm³/mol. The highest BCUT2D eigenvalue weighted by Gasteiger charge is 2.08. The first-order valence-corrected chi connectivity index (χ1v) is 5.78. The molecule has 0 spiro atoms. The van der Waals surface area contributed by atoms with Crippen molar-refractivity contribution in [3.05, 3.63) is 48.5 Å². The summed E-state index contributed by atoms with van der Waals surface area (Å²) in [4.78, 5) is 4.55. The Kier molecular flexibility index (Phi) is 1.87. The minimum Gasteiger partial charge on any atom is -0.507 e. The van der Waals surface area contributed by atoms with Crippen LogP contribution in [-0.2, 0) is 0 Å². The number of fused-ring (bicyclic) bond motifs is 1. The van der Waals surface area contributed by atoms with Crippen LogP contribution in [0.4, 0.5) is 0 Å². The van der Waals surface area contributed by atoms with E-state index in [1.54, 1.807) is 17.4 Å². The van der Waals surface area contributed by atoms with Gasteiger partial charge in [0.15, 0.2) is 0 Å². The molecule has 0 amide bonds.